The molecular formula is C26H30N4O4S2. The van der Waals surface area contributed by atoms with Crippen LogP contribution in [0.25, 0.3) is 10.2 Å². The van der Waals surface area contributed by atoms with Gasteiger partial charge in [0.1, 0.15) is 4.83 Å². The van der Waals surface area contributed by atoms with Crippen LogP contribution in [0.3, 0.4) is 0 Å². The Morgan fingerprint density at radius 2 is 2.08 bits per heavy atom. The Hall–Kier alpha value is -2.69. The molecule has 2 aliphatic rings. The minimum Gasteiger partial charge on any atom is -0.376 e. The van der Waals surface area contributed by atoms with Crippen LogP contribution in [0.4, 0.5) is 5.69 Å². The molecule has 190 valence electrons. The fourth-order valence-electron chi connectivity index (χ4n) is 4.74. The molecule has 0 radical (unpaired) electrons. The van der Waals surface area contributed by atoms with E-state index in [1.54, 1.807) is 16.4 Å². The minimum absolute atomic E-state index is 0.0325. The van der Waals surface area contributed by atoms with Gasteiger partial charge in [-0.1, -0.05) is 30.8 Å². The van der Waals surface area contributed by atoms with Crippen molar-refractivity contribution in [3.63, 3.8) is 0 Å². The number of amides is 2. The molecule has 0 aliphatic carbocycles. The first-order chi connectivity index (χ1) is 17.4. The number of nitrogens with one attached hydrogen (secondary N) is 1. The number of hydrogen-bond acceptors (Lipinski definition) is 7. The van der Waals surface area contributed by atoms with Crippen LogP contribution in [0.2, 0.25) is 0 Å². The monoisotopic (exact) mass is 526 g/mol. The number of carbonyl (C=O) groups is 2. The van der Waals surface area contributed by atoms with E-state index in [0.717, 1.165) is 35.4 Å². The standard InChI is InChI=1S/C26H30N4O4S2/c1-3-17-6-8-18(9-7-17)27-22(32)15-35-26-28-24-23(25(33)30(26)13-19-5-4-12-34-19)20-10-11-29(16(2)31)14-21(20)36-24/h6-9,19H,3-5,10-15H2,1-2H3,(H,27,32)/t19-/m0/s1. The fraction of sp³-hybridized carbons (Fsp3) is 0.462. The van der Waals surface area contributed by atoms with E-state index in [-0.39, 0.29) is 29.2 Å². The summed E-state index contributed by atoms with van der Waals surface area (Å²) in [5, 5.41) is 4.11. The normalized spacial score (nSPS) is 17.4. The van der Waals surface area contributed by atoms with E-state index in [9.17, 15) is 14.4 Å². The van der Waals surface area contributed by atoms with E-state index in [1.807, 2.05) is 24.3 Å². The van der Waals surface area contributed by atoms with Crippen LogP contribution in [0.5, 0.6) is 0 Å². The molecule has 3 aromatic rings. The van der Waals surface area contributed by atoms with Crippen molar-refractivity contribution in [2.75, 3.05) is 24.2 Å². The average Bonchev–Trinajstić information content (AvgIpc) is 3.52. The highest BCUT2D eigenvalue weighted by atomic mass is 32.2. The Kier molecular flexibility index (Phi) is 7.45. The Bertz CT molecular complexity index is 1340. The van der Waals surface area contributed by atoms with E-state index in [0.29, 0.717) is 48.0 Å². The third kappa shape index (κ3) is 5.21. The molecule has 10 heteroatoms. The van der Waals surface area contributed by atoms with Gasteiger partial charge in [-0.25, -0.2) is 4.98 Å². The van der Waals surface area contributed by atoms with Crippen LogP contribution in [0.15, 0.2) is 34.2 Å². The number of carbonyl (C=O) groups excluding carboxylic acids is 2. The summed E-state index contributed by atoms with van der Waals surface area (Å²) in [5.41, 5.74) is 2.89. The predicted octanol–water partition coefficient (Wildman–Crippen LogP) is 3.83. The number of anilines is 1. The lowest BCUT2D eigenvalue weighted by molar-refractivity contribution is -0.129. The molecular weight excluding hydrogens is 496 g/mol. The Labute approximate surface area is 218 Å². The van der Waals surface area contributed by atoms with Crippen LogP contribution in [-0.4, -0.2) is 51.3 Å². The van der Waals surface area contributed by atoms with Crippen molar-refractivity contribution in [2.24, 2.45) is 0 Å². The number of hydrogen-bond donors (Lipinski definition) is 1. The van der Waals surface area contributed by atoms with Gasteiger partial charge in [-0.05, 0) is 48.9 Å². The summed E-state index contributed by atoms with van der Waals surface area (Å²) >= 11 is 2.75. The molecule has 8 nitrogen and oxygen atoms in total. The summed E-state index contributed by atoms with van der Waals surface area (Å²) in [5.74, 6) is 0.0284. The number of thioether (sulfide) groups is 1. The first kappa shape index (κ1) is 25.0. The quantitative estimate of drug-likeness (QED) is 0.372. The van der Waals surface area contributed by atoms with Crippen molar-refractivity contribution in [1.29, 1.82) is 0 Å². The Balaban J connectivity index is 1.42. The highest BCUT2D eigenvalue weighted by molar-refractivity contribution is 7.99. The van der Waals surface area contributed by atoms with E-state index in [4.69, 9.17) is 9.72 Å². The van der Waals surface area contributed by atoms with Gasteiger partial charge < -0.3 is 15.0 Å². The molecule has 36 heavy (non-hydrogen) atoms. The highest BCUT2D eigenvalue weighted by Crippen LogP contribution is 2.34. The van der Waals surface area contributed by atoms with Crippen LogP contribution >= 0.6 is 23.1 Å². The van der Waals surface area contributed by atoms with Crippen molar-refractivity contribution < 1.29 is 14.3 Å². The molecule has 0 saturated carbocycles. The molecule has 1 saturated heterocycles. The maximum absolute atomic E-state index is 13.8. The lowest BCUT2D eigenvalue weighted by Gasteiger charge is -2.25. The number of thiophene rings is 1. The SMILES string of the molecule is CCc1ccc(NC(=O)CSc2nc3sc4c(c3c(=O)n2C[C@@H]2CCCO2)CCN(C(C)=O)C4)cc1. The van der Waals surface area contributed by atoms with Gasteiger partial charge in [0.2, 0.25) is 11.8 Å². The molecule has 2 aromatic heterocycles. The van der Waals surface area contributed by atoms with Crippen molar-refractivity contribution in [3.05, 3.63) is 50.6 Å². The molecule has 0 bridgehead atoms. The van der Waals surface area contributed by atoms with Gasteiger partial charge in [0, 0.05) is 30.6 Å². The van der Waals surface area contributed by atoms with Crippen LogP contribution in [-0.2, 0) is 40.3 Å². The van der Waals surface area contributed by atoms with E-state index in [2.05, 4.69) is 12.2 Å². The predicted molar refractivity (Wildman–Crippen MR) is 143 cm³/mol. The van der Waals surface area contributed by atoms with Gasteiger partial charge >= 0.3 is 0 Å². The summed E-state index contributed by atoms with van der Waals surface area (Å²) < 4.78 is 7.51. The maximum Gasteiger partial charge on any atom is 0.263 e. The molecule has 1 atom stereocenters. The molecule has 0 spiro atoms. The van der Waals surface area contributed by atoms with Crippen LogP contribution in [0.1, 0.15) is 42.7 Å². The van der Waals surface area contributed by atoms with E-state index >= 15 is 0 Å². The van der Waals surface area contributed by atoms with Gasteiger partial charge in [0.25, 0.3) is 5.56 Å². The number of rotatable bonds is 7. The smallest absolute Gasteiger partial charge is 0.263 e. The van der Waals surface area contributed by atoms with Crippen LogP contribution in [0, 0.1) is 0 Å². The fourth-order valence-corrected chi connectivity index (χ4v) is 6.83. The third-order valence-corrected chi connectivity index (χ3v) is 8.85. The molecule has 0 unspecified atom stereocenters. The topological polar surface area (TPSA) is 93.5 Å². The summed E-state index contributed by atoms with van der Waals surface area (Å²) in [6, 6.07) is 7.81. The van der Waals surface area contributed by atoms with Gasteiger partial charge in [-0.3, -0.25) is 19.0 Å². The summed E-state index contributed by atoms with van der Waals surface area (Å²) in [7, 11) is 0. The second kappa shape index (κ2) is 10.7. The van der Waals surface area contributed by atoms with Crippen molar-refractivity contribution in [2.45, 2.75) is 63.9 Å². The minimum atomic E-state index is -0.148. The van der Waals surface area contributed by atoms with Crippen LogP contribution < -0.4 is 10.9 Å². The largest absolute Gasteiger partial charge is 0.376 e. The first-order valence-corrected chi connectivity index (χ1v) is 14.2. The number of fused-ring (bicyclic) bond motifs is 3. The molecule has 1 N–H and O–H groups in total. The van der Waals surface area contributed by atoms with E-state index in [1.165, 1.54) is 28.7 Å². The van der Waals surface area contributed by atoms with Gasteiger partial charge in [0.05, 0.1) is 30.3 Å². The van der Waals surface area contributed by atoms with Crippen molar-refractivity contribution in [3.8, 4) is 0 Å². The van der Waals surface area contributed by atoms with Gasteiger partial charge in [-0.15, -0.1) is 11.3 Å². The molecule has 1 aromatic carbocycles. The third-order valence-electron chi connectivity index (χ3n) is 6.76. The molecule has 5 rings (SSSR count). The van der Waals surface area contributed by atoms with E-state index < -0.39 is 0 Å². The zero-order valence-corrected chi connectivity index (χ0v) is 22.2. The van der Waals surface area contributed by atoms with Crippen molar-refractivity contribution in [1.82, 2.24) is 14.5 Å². The zero-order chi connectivity index (χ0) is 25.2. The maximum atomic E-state index is 13.8. The lowest BCUT2D eigenvalue weighted by atomic mass is 10.1. The van der Waals surface area contributed by atoms with Gasteiger partial charge in [0.15, 0.2) is 5.16 Å². The number of nitrogens with zero attached hydrogens (tertiary/aromatic N) is 3. The van der Waals surface area contributed by atoms with Crippen molar-refractivity contribution >= 4 is 50.8 Å². The number of aryl methyl sites for hydroxylation is 1. The zero-order valence-electron chi connectivity index (χ0n) is 20.5. The Morgan fingerprint density at radius 3 is 2.78 bits per heavy atom. The summed E-state index contributed by atoms with van der Waals surface area (Å²) in [4.78, 5) is 46.7. The molecule has 2 aliphatic heterocycles. The molecule has 1 fully saturated rings. The number of aromatic nitrogens is 2. The number of ether oxygens (including phenoxy) is 1. The second-order valence-electron chi connectivity index (χ2n) is 9.21. The number of benzene rings is 1. The molecule has 4 heterocycles. The second-order valence-corrected chi connectivity index (χ2v) is 11.2. The molecule has 2 amide bonds. The van der Waals surface area contributed by atoms with Gasteiger partial charge in [-0.2, -0.15) is 0 Å². The average molecular weight is 527 g/mol. The highest BCUT2D eigenvalue weighted by Gasteiger charge is 2.27. The Morgan fingerprint density at radius 1 is 1.28 bits per heavy atom. The summed E-state index contributed by atoms with van der Waals surface area (Å²) in [6.45, 7) is 5.91. The first-order valence-electron chi connectivity index (χ1n) is 12.4. The lowest BCUT2D eigenvalue weighted by Crippen LogP contribution is -2.34. The summed E-state index contributed by atoms with van der Waals surface area (Å²) in [6.07, 6.45) is 3.44.